The number of para-hydroxylation sites is 1. The van der Waals surface area contributed by atoms with Gasteiger partial charge in [-0.05, 0) is 18.6 Å². The molecule has 0 aliphatic carbocycles. The molecule has 0 aliphatic rings. The molecule has 1 rings (SSSR count). The molecule has 0 aromatic heterocycles. The third-order valence-electron chi connectivity index (χ3n) is 2.39. The van der Waals surface area contributed by atoms with Crippen molar-refractivity contribution >= 4 is 17.1 Å². The molecule has 0 bridgehead atoms. The number of nitrogen functional groups attached to an aromatic ring is 1. The average molecular weight is 270 g/mol. The number of aliphatic hydroxyl groups is 1. The second-order valence-corrected chi connectivity index (χ2v) is 3.72. The summed E-state index contributed by atoms with van der Waals surface area (Å²) < 4.78 is 5.09. The number of hydrogen-bond acceptors (Lipinski definition) is 7. The van der Waals surface area contributed by atoms with Crippen LogP contribution in [0, 0.1) is 10.1 Å². The zero-order valence-corrected chi connectivity index (χ0v) is 10.5. The van der Waals surface area contributed by atoms with Gasteiger partial charge in [0.25, 0.3) is 0 Å². The largest absolute Gasteiger partial charge is 0.394 e. The fourth-order valence-electron chi connectivity index (χ4n) is 1.56. The lowest BCUT2D eigenvalue weighted by atomic mass is 10.2. The molecule has 19 heavy (non-hydrogen) atoms. The summed E-state index contributed by atoms with van der Waals surface area (Å²) in [6.07, 6.45) is 0.678. The van der Waals surface area contributed by atoms with Gasteiger partial charge in [-0.2, -0.15) is 0 Å². The highest BCUT2D eigenvalue weighted by Crippen LogP contribution is 2.31. The number of anilines is 2. The van der Waals surface area contributed by atoms with Crippen LogP contribution in [0.1, 0.15) is 6.42 Å². The third kappa shape index (κ3) is 4.70. The quantitative estimate of drug-likeness (QED) is 0.225. The number of aliphatic hydroxyl groups excluding tert-OH is 1. The van der Waals surface area contributed by atoms with Crippen molar-refractivity contribution in [2.24, 2.45) is 5.84 Å². The summed E-state index contributed by atoms with van der Waals surface area (Å²) in [6.45, 7) is 1.30. The van der Waals surface area contributed by atoms with Gasteiger partial charge in [0.2, 0.25) is 0 Å². The Labute approximate surface area is 110 Å². The van der Waals surface area contributed by atoms with Crippen molar-refractivity contribution in [1.29, 1.82) is 0 Å². The van der Waals surface area contributed by atoms with Crippen LogP contribution in [-0.4, -0.2) is 36.4 Å². The van der Waals surface area contributed by atoms with Crippen LogP contribution in [0.25, 0.3) is 0 Å². The molecule has 0 heterocycles. The molecule has 1 aromatic rings. The van der Waals surface area contributed by atoms with E-state index >= 15 is 0 Å². The molecule has 5 N–H and O–H groups in total. The van der Waals surface area contributed by atoms with Crippen molar-refractivity contribution in [2.45, 2.75) is 6.42 Å². The Hall–Kier alpha value is -1.90. The average Bonchev–Trinajstić information content (AvgIpc) is 2.42. The summed E-state index contributed by atoms with van der Waals surface area (Å²) in [5.74, 6) is 5.24. The molecule has 1 aromatic carbocycles. The first-order valence-corrected chi connectivity index (χ1v) is 5.87. The fourth-order valence-corrected chi connectivity index (χ4v) is 1.56. The normalized spacial score (nSPS) is 10.2. The molecule has 0 fully saturated rings. The smallest absolute Gasteiger partial charge is 0.316 e. The zero-order chi connectivity index (χ0) is 14.1. The molecule has 0 amide bonds. The molecule has 0 spiro atoms. The maximum atomic E-state index is 11.0. The van der Waals surface area contributed by atoms with Crippen molar-refractivity contribution in [1.82, 2.24) is 0 Å². The summed E-state index contributed by atoms with van der Waals surface area (Å²) >= 11 is 0. The summed E-state index contributed by atoms with van der Waals surface area (Å²) in [6, 6.07) is 4.83. The Morgan fingerprint density at radius 2 is 2.11 bits per heavy atom. The predicted octanol–water partition coefficient (Wildman–Crippen LogP) is 0.691. The van der Waals surface area contributed by atoms with Gasteiger partial charge in [0.1, 0.15) is 11.4 Å². The van der Waals surface area contributed by atoms with Gasteiger partial charge in [-0.15, -0.1) is 0 Å². The molecular weight excluding hydrogens is 252 g/mol. The predicted molar refractivity (Wildman–Crippen MR) is 71.9 cm³/mol. The number of nitro groups is 1. The van der Waals surface area contributed by atoms with Gasteiger partial charge in [0, 0.05) is 13.2 Å². The van der Waals surface area contributed by atoms with Gasteiger partial charge in [0.05, 0.1) is 18.1 Å². The lowest BCUT2D eigenvalue weighted by Crippen LogP contribution is -2.12. The molecular formula is C11H18N4O4. The molecule has 0 saturated heterocycles. The Balaban J connectivity index is 2.55. The lowest BCUT2D eigenvalue weighted by Gasteiger charge is -2.09. The highest BCUT2D eigenvalue weighted by atomic mass is 16.6. The maximum Gasteiger partial charge on any atom is 0.316 e. The van der Waals surface area contributed by atoms with E-state index in [1.165, 1.54) is 6.07 Å². The van der Waals surface area contributed by atoms with E-state index in [1.807, 2.05) is 0 Å². The third-order valence-corrected chi connectivity index (χ3v) is 2.39. The standard InChI is InChI=1S/C11H18N4O4/c12-14-10-4-1-3-9(11(10)15(17)18)13-5-2-7-19-8-6-16/h1,3-4,13-14,16H,2,5-8,12H2. The SMILES string of the molecule is NNc1cccc(NCCCOCCO)c1[N+](=O)[O-]. The van der Waals surface area contributed by atoms with Gasteiger partial charge in [0.15, 0.2) is 0 Å². The molecule has 8 heteroatoms. The van der Waals surface area contributed by atoms with E-state index in [1.54, 1.807) is 12.1 Å². The van der Waals surface area contributed by atoms with Crippen LogP contribution in [-0.2, 0) is 4.74 Å². The Kier molecular flexibility index (Phi) is 6.58. The number of nitrogens with zero attached hydrogens (tertiary/aromatic N) is 1. The molecule has 0 unspecified atom stereocenters. The second-order valence-electron chi connectivity index (χ2n) is 3.72. The first-order valence-electron chi connectivity index (χ1n) is 5.87. The minimum atomic E-state index is -0.486. The summed E-state index contributed by atoms with van der Waals surface area (Å²) in [7, 11) is 0. The monoisotopic (exact) mass is 270 g/mol. The highest BCUT2D eigenvalue weighted by Gasteiger charge is 2.18. The lowest BCUT2D eigenvalue weighted by molar-refractivity contribution is -0.383. The van der Waals surface area contributed by atoms with E-state index in [9.17, 15) is 10.1 Å². The van der Waals surface area contributed by atoms with Crippen molar-refractivity contribution in [2.75, 3.05) is 37.1 Å². The van der Waals surface area contributed by atoms with E-state index in [-0.39, 0.29) is 18.0 Å². The van der Waals surface area contributed by atoms with Crippen molar-refractivity contribution in [3.8, 4) is 0 Å². The second kappa shape index (κ2) is 8.25. The van der Waals surface area contributed by atoms with Crippen LogP contribution in [0.4, 0.5) is 17.1 Å². The van der Waals surface area contributed by atoms with Gasteiger partial charge < -0.3 is 20.6 Å². The Morgan fingerprint density at radius 3 is 2.74 bits per heavy atom. The molecule has 0 saturated carbocycles. The molecule has 0 atom stereocenters. The molecule has 0 radical (unpaired) electrons. The number of hydrazine groups is 1. The van der Waals surface area contributed by atoms with Gasteiger partial charge in [-0.25, -0.2) is 0 Å². The Morgan fingerprint density at radius 1 is 1.37 bits per heavy atom. The number of ether oxygens (including phenoxy) is 1. The molecule has 0 aliphatic heterocycles. The van der Waals surface area contributed by atoms with Crippen LogP contribution >= 0.6 is 0 Å². The van der Waals surface area contributed by atoms with E-state index in [2.05, 4.69) is 10.7 Å². The van der Waals surface area contributed by atoms with Crippen LogP contribution in [0.3, 0.4) is 0 Å². The van der Waals surface area contributed by atoms with Crippen LogP contribution < -0.4 is 16.6 Å². The molecule has 106 valence electrons. The summed E-state index contributed by atoms with van der Waals surface area (Å²) in [5, 5.41) is 22.5. The Bertz CT molecular complexity index is 414. The fraction of sp³-hybridized carbons (Fsp3) is 0.455. The van der Waals surface area contributed by atoms with Crippen LogP contribution in [0.15, 0.2) is 18.2 Å². The summed E-state index contributed by atoms with van der Waals surface area (Å²) in [5.41, 5.74) is 2.88. The van der Waals surface area contributed by atoms with Gasteiger partial charge >= 0.3 is 5.69 Å². The van der Waals surface area contributed by atoms with Crippen LogP contribution in [0.2, 0.25) is 0 Å². The number of benzene rings is 1. The minimum Gasteiger partial charge on any atom is -0.394 e. The molecule has 8 nitrogen and oxygen atoms in total. The first-order chi connectivity index (χ1) is 9.20. The van der Waals surface area contributed by atoms with E-state index in [4.69, 9.17) is 15.7 Å². The zero-order valence-electron chi connectivity index (χ0n) is 10.5. The number of nitrogens with two attached hydrogens (primary N) is 1. The van der Waals surface area contributed by atoms with Crippen molar-refractivity contribution in [3.05, 3.63) is 28.3 Å². The van der Waals surface area contributed by atoms with Gasteiger partial charge in [-0.3, -0.25) is 16.0 Å². The number of rotatable bonds is 9. The van der Waals surface area contributed by atoms with Crippen LogP contribution in [0.5, 0.6) is 0 Å². The number of nitrogens with one attached hydrogen (secondary N) is 2. The van der Waals surface area contributed by atoms with Crippen molar-refractivity contribution in [3.63, 3.8) is 0 Å². The first kappa shape index (κ1) is 15.2. The van der Waals surface area contributed by atoms with E-state index in [0.29, 0.717) is 31.9 Å². The summed E-state index contributed by atoms with van der Waals surface area (Å²) in [4.78, 5) is 10.5. The maximum absolute atomic E-state index is 11.0. The van der Waals surface area contributed by atoms with E-state index in [0.717, 1.165) is 0 Å². The van der Waals surface area contributed by atoms with Gasteiger partial charge in [-0.1, -0.05) is 6.07 Å². The minimum absolute atomic E-state index is 0.0108. The van der Waals surface area contributed by atoms with Crippen molar-refractivity contribution < 1.29 is 14.8 Å². The number of nitro benzene ring substituents is 1. The van der Waals surface area contributed by atoms with E-state index < -0.39 is 4.92 Å². The number of hydrogen-bond donors (Lipinski definition) is 4. The highest BCUT2D eigenvalue weighted by molar-refractivity contribution is 5.75. The topological polar surface area (TPSA) is 123 Å².